The molecule has 10 heteroatoms. The van der Waals surface area contributed by atoms with Crippen molar-refractivity contribution >= 4 is 52.9 Å². The van der Waals surface area contributed by atoms with Crippen molar-refractivity contribution in [1.82, 2.24) is 5.32 Å². The number of ether oxygens (including phenoxy) is 1. The number of aliphatic carboxylic acids is 1. The number of amides is 2. The van der Waals surface area contributed by atoms with E-state index in [0.717, 1.165) is 22.9 Å². The smallest absolute Gasteiger partial charge is 0.320 e. The van der Waals surface area contributed by atoms with Crippen molar-refractivity contribution in [2.75, 3.05) is 0 Å². The molecule has 1 saturated heterocycles. The highest BCUT2D eigenvalue weighted by molar-refractivity contribution is 8.15. The number of thioether (sulfide) groups is 1. The lowest BCUT2D eigenvalue weighted by molar-refractivity contribution is -0.138. The zero-order valence-electron chi connectivity index (χ0n) is 15.0. The number of halogens is 2. The van der Waals surface area contributed by atoms with E-state index in [1.807, 2.05) is 0 Å². The number of hydrogen-bond donors (Lipinski definition) is 3. The van der Waals surface area contributed by atoms with Crippen LogP contribution in [0.2, 0.25) is 5.02 Å². The second-order valence-corrected chi connectivity index (χ2v) is 7.83. The number of benzene rings is 2. The summed E-state index contributed by atoms with van der Waals surface area (Å²) in [6.45, 7) is 0. The third-order valence-electron chi connectivity index (χ3n) is 4.11. The Labute approximate surface area is 182 Å². The van der Waals surface area contributed by atoms with Crippen molar-refractivity contribution in [3.05, 3.63) is 58.6 Å². The SMILES string of the molecule is Cl.N[C@@H](Cc1ccc(Oc2ccc(CC3SC(=O)NC3=O)cc2Cl)cc1)C(=O)O. The minimum Gasteiger partial charge on any atom is -0.480 e. The molecule has 4 N–H and O–H groups in total. The molecule has 7 nitrogen and oxygen atoms in total. The molecule has 1 fully saturated rings. The van der Waals surface area contributed by atoms with Crippen LogP contribution in [0.25, 0.3) is 0 Å². The molecule has 1 aliphatic rings. The van der Waals surface area contributed by atoms with Gasteiger partial charge in [-0.05, 0) is 48.2 Å². The number of imide groups is 1. The number of rotatable bonds is 7. The maximum atomic E-state index is 11.7. The van der Waals surface area contributed by atoms with Crippen LogP contribution in [0.15, 0.2) is 42.5 Å². The van der Waals surface area contributed by atoms with E-state index in [9.17, 15) is 14.4 Å². The summed E-state index contributed by atoms with van der Waals surface area (Å²) in [4.78, 5) is 33.7. The molecule has 29 heavy (non-hydrogen) atoms. The molecule has 2 aromatic rings. The first kappa shape index (κ1) is 23.0. The number of nitrogens with one attached hydrogen (secondary N) is 1. The lowest BCUT2D eigenvalue weighted by Gasteiger charge is -2.11. The predicted molar refractivity (Wildman–Crippen MR) is 113 cm³/mol. The number of hydrogen-bond acceptors (Lipinski definition) is 6. The Kier molecular flexibility index (Phi) is 7.92. The van der Waals surface area contributed by atoms with Crippen LogP contribution in [0, 0.1) is 0 Å². The van der Waals surface area contributed by atoms with Crippen LogP contribution in [-0.4, -0.2) is 33.5 Å². The number of nitrogens with two attached hydrogens (primary N) is 1. The molecule has 0 aromatic heterocycles. The van der Waals surface area contributed by atoms with E-state index in [1.54, 1.807) is 42.5 Å². The van der Waals surface area contributed by atoms with Crippen LogP contribution in [-0.2, 0) is 22.4 Å². The number of carboxylic acids is 1. The zero-order chi connectivity index (χ0) is 20.3. The second-order valence-electron chi connectivity index (χ2n) is 6.25. The largest absolute Gasteiger partial charge is 0.480 e. The van der Waals surface area contributed by atoms with Gasteiger partial charge in [0, 0.05) is 0 Å². The van der Waals surface area contributed by atoms with Gasteiger partial charge < -0.3 is 15.6 Å². The van der Waals surface area contributed by atoms with E-state index in [4.69, 9.17) is 27.2 Å². The zero-order valence-corrected chi connectivity index (χ0v) is 17.4. The average Bonchev–Trinajstić information content (AvgIpc) is 2.96. The summed E-state index contributed by atoms with van der Waals surface area (Å²) in [6, 6.07) is 11.1. The molecule has 1 unspecified atom stereocenters. The summed E-state index contributed by atoms with van der Waals surface area (Å²) in [6.07, 6.45) is 0.612. The van der Waals surface area contributed by atoms with Crippen LogP contribution >= 0.6 is 35.8 Å². The molecular weight excluding hydrogens is 439 g/mol. The van der Waals surface area contributed by atoms with Crippen LogP contribution in [0.3, 0.4) is 0 Å². The highest BCUT2D eigenvalue weighted by Gasteiger charge is 2.31. The maximum absolute atomic E-state index is 11.7. The van der Waals surface area contributed by atoms with Gasteiger partial charge >= 0.3 is 5.97 Å². The Morgan fingerprint density at radius 3 is 2.41 bits per heavy atom. The fraction of sp³-hybridized carbons (Fsp3) is 0.211. The Bertz CT molecular complexity index is 923. The Balaban J connectivity index is 0.00000300. The summed E-state index contributed by atoms with van der Waals surface area (Å²) >= 11 is 7.25. The quantitative estimate of drug-likeness (QED) is 0.583. The van der Waals surface area contributed by atoms with Crippen molar-refractivity contribution in [3.63, 3.8) is 0 Å². The summed E-state index contributed by atoms with van der Waals surface area (Å²) in [5, 5.41) is 10.7. The normalized spacial score (nSPS) is 16.7. The van der Waals surface area contributed by atoms with Gasteiger partial charge in [0.05, 0.1) is 10.3 Å². The number of carbonyl (C=O) groups is 3. The van der Waals surface area contributed by atoms with Gasteiger partial charge in [-0.1, -0.05) is 41.6 Å². The topological polar surface area (TPSA) is 119 Å². The molecule has 2 amide bonds. The van der Waals surface area contributed by atoms with Crippen LogP contribution < -0.4 is 15.8 Å². The van der Waals surface area contributed by atoms with Gasteiger partial charge in [0.25, 0.3) is 5.24 Å². The first-order valence-electron chi connectivity index (χ1n) is 8.37. The first-order chi connectivity index (χ1) is 13.3. The van der Waals surface area contributed by atoms with Crippen molar-refractivity contribution in [1.29, 1.82) is 0 Å². The van der Waals surface area contributed by atoms with E-state index < -0.39 is 17.3 Å². The van der Waals surface area contributed by atoms with E-state index >= 15 is 0 Å². The second kappa shape index (κ2) is 9.98. The summed E-state index contributed by atoms with van der Waals surface area (Å²) in [5.74, 6) is -0.363. The molecule has 0 bridgehead atoms. The van der Waals surface area contributed by atoms with Gasteiger partial charge in [0.1, 0.15) is 17.5 Å². The minimum absolute atomic E-state index is 0. The number of carboxylic acid groups (broad SMARTS) is 1. The fourth-order valence-corrected chi connectivity index (χ4v) is 3.76. The molecule has 1 heterocycles. The fourth-order valence-electron chi connectivity index (χ4n) is 2.66. The summed E-state index contributed by atoms with van der Waals surface area (Å²) in [7, 11) is 0. The van der Waals surface area contributed by atoms with Crippen molar-refractivity contribution in [3.8, 4) is 11.5 Å². The standard InChI is InChI=1S/C19H17ClN2O5S.ClH/c20-13-7-11(9-16-17(23)22-19(26)28-16)3-6-15(13)27-12-4-1-10(2-5-12)8-14(21)18(24)25;/h1-7,14,16H,8-9,21H2,(H,24,25)(H,22,23,26);1H/t14-,16?;/m0./s1. The monoisotopic (exact) mass is 456 g/mol. The van der Waals surface area contributed by atoms with E-state index in [1.165, 1.54) is 0 Å². The van der Waals surface area contributed by atoms with Crippen molar-refractivity contribution < 1.29 is 24.2 Å². The Hall–Kier alpha value is -2.26. The van der Waals surface area contributed by atoms with E-state index in [-0.39, 0.29) is 30.0 Å². The maximum Gasteiger partial charge on any atom is 0.320 e. The van der Waals surface area contributed by atoms with Crippen LogP contribution in [0.1, 0.15) is 11.1 Å². The molecule has 154 valence electrons. The minimum atomic E-state index is -1.05. The molecular formula is C19H18Cl2N2O5S. The van der Waals surface area contributed by atoms with Gasteiger partial charge in [-0.2, -0.15) is 0 Å². The first-order valence-corrected chi connectivity index (χ1v) is 9.62. The van der Waals surface area contributed by atoms with Gasteiger partial charge in [-0.15, -0.1) is 12.4 Å². The third-order valence-corrected chi connectivity index (χ3v) is 5.39. The third kappa shape index (κ3) is 6.11. The molecule has 0 radical (unpaired) electrons. The molecule has 2 atom stereocenters. The van der Waals surface area contributed by atoms with Crippen LogP contribution in [0.4, 0.5) is 4.79 Å². The molecule has 0 aliphatic carbocycles. The lowest BCUT2D eigenvalue weighted by atomic mass is 10.1. The van der Waals surface area contributed by atoms with E-state index in [0.29, 0.717) is 22.9 Å². The van der Waals surface area contributed by atoms with Crippen molar-refractivity contribution in [2.45, 2.75) is 24.1 Å². The highest BCUT2D eigenvalue weighted by Crippen LogP contribution is 2.32. The summed E-state index contributed by atoms with van der Waals surface area (Å²) < 4.78 is 5.76. The summed E-state index contributed by atoms with van der Waals surface area (Å²) in [5.41, 5.74) is 7.13. The van der Waals surface area contributed by atoms with E-state index in [2.05, 4.69) is 5.32 Å². The Morgan fingerprint density at radius 2 is 1.86 bits per heavy atom. The van der Waals surface area contributed by atoms with Crippen molar-refractivity contribution in [2.24, 2.45) is 5.73 Å². The Morgan fingerprint density at radius 1 is 1.21 bits per heavy atom. The molecule has 2 aromatic carbocycles. The van der Waals surface area contributed by atoms with Crippen LogP contribution in [0.5, 0.6) is 11.5 Å². The average molecular weight is 457 g/mol. The predicted octanol–water partition coefficient (Wildman–Crippen LogP) is 3.40. The lowest BCUT2D eigenvalue weighted by Crippen LogP contribution is -2.32. The van der Waals surface area contributed by atoms with Gasteiger partial charge in [-0.3, -0.25) is 19.7 Å². The van der Waals surface area contributed by atoms with Gasteiger partial charge in [-0.25, -0.2) is 0 Å². The molecule has 0 saturated carbocycles. The highest BCUT2D eigenvalue weighted by atomic mass is 35.5. The van der Waals surface area contributed by atoms with Gasteiger partial charge in [0.2, 0.25) is 5.91 Å². The van der Waals surface area contributed by atoms with Gasteiger partial charge in [0.15, 0.2) is 0 Å². The number of carbonyl (C=O) groups excluding carboxylic acids is 2. The molecule has 3 rings (SSSR count). The molecule has 0 spiro atoms. The molecule has 1 aliphatic heterocycles.